The van der Waals surface area contributed by atoms with Crippen molar-refractivity contribution in [2.24, 2.45) is 0 Å². The number of nitrogen functional groups attached to an aromatic ring is 1. The molecule has 0 aliphatic heterocycles. The topological polar surface area (TPSA) is 77.6 Å². The maximum Gasteiger partial charge on any atom is 0.193 e. The Hall–Kier alpha value is -1.34. The first-order chi connectivity index (χ1) is 7.78. The molecule has 2 rings (SSSR count). The minimum absolute atomic E-state index is 0.456. The molecule has 0 radical (unpaired) electrons. The SMILES string of the molecule is CSc1nc(N)cc(Sc2ncccn2)n1. The van der Waals surface area contributed by atoms with E-state index in [2.05, 4.69) is 19.9 Å². The number of aromatic nitrogens is 4. The summed E-state index contributed by atoms with van der Waals surface area (Å²) < 4.78 is 0. The molecule has 0 unspecified atom stereocenters. The molecule has 2 aromatic rings. The molecule has 82 valence electrons. The van der Waals surface area contributed by atoms with Gasteiger partial charge in [0.2, 0.25) is 0 Å². The van der Waals surface area contributed by atoms with E-state index in [0.29, 0.717) is 16.1 Å². The van der Waals surface area contributed by atoms with Gasteiger partial charge in [0.05, 0.1) is 0 Å². The van der Waals surface area contributed by atoms with Crippen molar-refractivity contribution < 1.29 is 0 Å². The Morgan fingerprint density at radius 3 is 2.56 bits per heavy atom. The summed E-state index contributed by atoms with van der Waals surface area (Å²) >= 11 is 2.82. The van der Waals surface area contributed by atoms with Crippen LogP contribution in [0.1, 0.15) is 0 Å². The predicted molar refractivity (Wildman–Crippen MR) is 64.4 cm³/mol. The lowest BCUT2D eigenvalue weighted by molar-refractivity contribution is 0.892. The molecule has 0 aliphatic rings. The fraction of sp³-hybridized carbons (Fsp3) is 0.111. The van der Waals surface area contributed by atoms with E-state index in [0.717, 1.165) is 5.03 Å². The third kappa shape index (κ3) is 2.83. The summed E-state index contributed by atoms with van der Waals surface area (Å²) in [6.07, 6.45) is 5.28. The number of hydrogen-bond acceptors (Lipinski definition) is 7. The van der Waals surface area contributed by atoms with Crippen LogP contribution in [-0.4, -0.2) is 26.2 Å². The Labute approximate surface area is 101 Å². The van der Waals surface area contributed by atoms with Crippen LogP contribution in [0.2, 0.25) is 0 Å². The average Bonchev–Trinajstić information content (AvgIpc) is 2.29. The van der Waals surface area contributed by atoms with Crippen molar-refractivity contribution in [1.29, 1.82) is 0 Å². The number of anilines is 1. The number of hydrogen-bond donors (Lipinski definition) is 1. The molecule has 0 saturated heterocycles. The average molecular weight is 251 g/mol. The van der Waals surface area contributed by atoms with Crippen molar-refractivity contribution >= 4 is 29.3 Å². The quantitative estimate of drug-likeness (QED) is 0.505. The standard InChI is InChI=1S/C9H9N5S2/c1-15-9-13-6(10)5-7(14-9)16-8-11-3-2-4-12-8/h2-5H,1H3,(H2,10,13,14). The zero-order chi connectivity index (χ0) is 11.4. The monoisotopic (exact) mass is 251 g/mol. The van der Waals surface area contributed by atoms with Gasteiger partial charge >= 0.3 is 0 Å². The molecule has 2 heterocycles. The highest BCUT2D eigenvalue weighted by atomic mass is 32.2. The fourth-order valence-electron chi connectivity index (χ4n) is 0.996. The molecule has 2 aromatic heterocycles. The number of rotatable bonds is 3. The van der Waals surface area contributed by atoms with Gasteiger partial charge in [-0.25, -0.2) is 19.9 Å². The van der Waals surface area contributed by atoms with E-state index >= 15 is 0 Å². The molecule has 0 atom stereocenters. The van der Waals surface area contributed by atoms with Gasteiger partial charge in [-0.2, -0.15) is 0 Å². The Bertz CT molecular complexity index is 477. The molecule has 0 spiro atoms. The molecule has 0 amide bonds. The second kappa shape index (κ2) is 5.13. The van der Waals surface area contributed by atoms with Crippen LogP contribution >= 0.6 is 23.5 Å². The second-order valence-electron chi connectivity index (χ2n) is 2.75. The van der Waals surface area contributed by atoms with Crippen molar-refractivity contribution in [2.75, 3.05) is 12.0 Å². The van der Waals surface area contributed by atoms with Crippen LogP contribution in [0.25, 0.3) is 0 Å². The van der Waals surface area contributed by atoms with Gasteiger partial charge < -0.3 is 5.73 Å². The molecule has 2 N–H and O–H groups in total. The fourth-order valence-corrected chi connectivity index (χ4v) is 2.17. The Morgan fingerprint density at radius 1 is 1.12 bits per heavy atom. The molecule has 0 aliphatic carbocycles. The smallest absolute Gasteiger partial charge is 0.193 e. The van der Waals surface area contributed by atoms with Crippen LogP contribution in [0.5, 0.6) is 0 Å². The Kier molecular flexibility index (Phi) is 3.58. The summed E-state index contributed by atoms with van der Waals surface area (Å²) in [5.74, 6) is 0.456. The lowest BCUT2D eigenvalue weighted by atomic mass is 10.6. The highest BCUT2D eigenvalue weighted by Gasteiger charge is 2.05. The van der Waals surface area contributed by atoms with Gasteiger partial charge in [-0.1, -0.05) is 11.8 Å². The molecule has 0 saturated carbocycles. The van der Waals surface area contributed by atoms with Crippen molar-refractivity contribution in [3.8, 4) is 0 Å². The maximum absolute atomic E-state index is 5.67. The molecule has 0 fully saturated rings. The van der Waals surface area contributed by atoms with E-state index in [1.54, 1.807) is 24.5 Å². The summed E-state index contributed by atoms with van der Waals surface area (Å²) in [6, 6.07) is 3.48. The van der Waals surface area contributed by atoms with Crippen LogP contribution < -0.4 is 5.73 Å². The molecular formula is C9H9N5S2. The van der Waals surface area contributed by atoms with Crippen molar-refractivity contribution in [2.45, 2.75) is 15.3 Å². The second-order valence-corrected chi connectivity index (χ2v) is 4.51. The summed E-state index contributed by atoms with van der Waals surface area (Å²) in [6.45, 7) is 0. The van der Waals surface area contributed by atoms with E-state index in [9.17, 15) is 0 Å². The van der Waals surface area contributed by atoms with Crippen LogP contribution in [-0.2, 0) is 0 Å². The minimum Gasteiger partial charge on any atom is -0.384 e. The highest BCUT2D eigenvalue weighted by Crippen LogP contribution is 2.24. The van der Waals surface area contributed by atoms with Gasteiger partial charge in [-0.3, -0.25) is 0 Å². The van der Waals surface area contributed by atoms with Gasteiger partial charge in [0.1, 0.15) is 10.8 Å². The zero-order valence-corrected chi connectivity index (χ0v) is 10.1. The molecule has 5 nitrogen and oxygen atoms in total. The normalized spacial score (nSPS) is 10.3. The Balaban J connectivity index is 2.24. The van der Waals surface area contributed by atoms with E-state index in [-0.39, 0.29) is 0 Å². The molecule has 0 aromatic carbocycles. The largest absolute Gasteiger partial charge is 0.384 e. The summed E-state index contributed by atoms with van der Waals surface area (Å²) in [5, 5.41) is 2.05. The lowest BCUT2D eigenvalue weighted by Gasteiger charge is -2.02. The van der Waals surface area contributed by atoms with Crippen LogP contribution in [0.3, 0.4) is 0 Å². The maximum atomic E-state index is 5.67. The minimum atomic E-state index is 0.456. The van der Waals surface area contributed by atoms with Gasteiger partial charge in [0.15, 0.2) is 10.3 Å². The predicted octanol–water partition coefficient (Wildman–Crippen LogP) is 1.72. The first kappa shape index (κ1) is 11.2. The van der Waals surface area contributed by atoms with Gasteiger partial charge in [-0.05, 0) is 24.1 Å². The van der Waals surface area contributed by atoms with E-state index < -0.39 is 0 Å². The molecule has 0 bridgehead atoms. The third-order valence-electron chi connectivity index (χ3n) is 1.62. The van der Waals surface area contributed by atoms with Crippen molar-refractivity contribution in [3.63, 3.8) is 0 Å². The summed E-state index contributed by atoms with van der Waals surface area (Å²) in [4.78, 5) is 16.6. The van der Waals surface area contributed by atoms with Gasteiger partial charge in [0, 0.05) is 18.5 Å². The molecular weight excluding hydrogens is 242 g/mol. The lowest BCUT2D eigenvalue weighted by Crippen LogP contribution is -1.96. The van der Waals surface area contributed by atoms with Crippen molar-refractivity contribution in [3.05, 3.63) is 24.5 Å². The van der Waals surface area contributed by atoms with E-state index in [1.807, 2.05) is 6.26 Å². The highest BCUT2D eigenvalue weighted by molar-refractivity contribution is 7.99. The van der Waals surface area contributed by atoms with Crippen LogP contribution in [0, 0.1) is 0 Å². The summed E-state index contributed by atoms with van der Waals surface area (Å²) in [7, 11) is 0. The van der Waals surface area contributed by atoms with E-state index in [1.165, 1.54) is 23.5 Å². The zero-order valence-electron chi connectivity index (χ0n) is 8.49. The van der Waals surface area contributed by atoms with Gasteiger partial charge in [-0.15, -0.1) is 0 Å². The first-order valence-corrected chi connectivity index (χ1v) is 6.45. The van der Waals surface area contributed by atoms with Crippen LogP contribution in [0.15, 0.2) is 39.9 Å². The number of nitrogens with zero attached hydrogens (tertiary/aromatic N) is 4. The van der Waals surface area contributed by atoms with Crippen molar-refractivity contribution in [1.82, 2.24) is 19.9 Å². The molecule has 16 heavy (non-hydrogen) atoms. The number of nitrogens with two attached hydrogens (primary N) is 1. The molecule has 7 heteroatoms. The number of thioether (sulfide) groups is 1. The third-order valence-corrected chi connectivity index (χ3v) is 2.98. The van der Waals surface area contributed by atoms with Gasteiger partial charge in [0.25, 0.3) is 0 Å². The summed E-state index contributed by atoms with van der Waals surface area (Å²) in [5.41, 5.74) is 5.67. The van der Waals surface area contributed by atoms with Crippen LogP contribution in [0.4, 0.5) is 5.82 Å². The first-order valence-electron chi connectivity index (χ1n) is 4.41. The van der Waals surface area contributed by atoms with E-state index in [4.69, 9.17) is 5.73 Å². The Morgan fingerprint density at radius 2 is 1.88 bits per heavy atom.